The summed E-state index contributed by atoms with van der Waals surface area (Å²) in [6, 6.07) is 20.4. The Hall–Kier alpha value is -2.78. The molecule has 0 amide bonds. The molecule has 0 fully saturated rings. The van der Waals surface area contributed by atoms with Crippen LogP contribution in [0.2, 0.25) is 0 Å². The summed E-state index contributed by atoms with van der Waals surface area (Å²) in [6.07, 6.45) is 3.78. The van der Waals surface area contributed by atoms with Gasteiger partial charge in [-0.2, -0.15) is 10.2 Å². The van der Waals surface area contributed by atoms with Gasteiger partial charge >= 0.3 is 0 Å². The molecule has 0 aromatic heterocycles. The third kappa shape index (κ3) is 9.55. The van der Waals surface area contributed by atoms with Crippen molar-refractivity contribution in [2.75, 3.05) is 23.9 Å². The van der Waals surface area contributed by atoms with Crippen LogP contribution in [0.1, 0.15) is 36.8 Å². The van der Waals surface area contributed by atoms with Gasteiger partial charge in [0.15, 0.2) is 0 Å². The zero-order valence-corrected chi connectivity index (χ0v) is 23.8. The first-order chi connectivity index (χ1) is 18.1. The van der Waals surface area contributed by atoms with Gasteiger partial charge in [-0.05, 0) is 66.6 Å². The van der Waals surface area contributed by atoms with E-state index in [2.05, 4.69) is 42.1 Å². The molecule has 3 aromatic carbocycles. The molecule has 0 saturated heterocycles. The molecule has 3 rings (SSSR count). The first kappa shape index (κ1) is 28.8. The van der Waals surface area contributed by atoms with E-state index in [0.717, 1.165) is 58.6 Å². The van der Waals surface area contributed by atoms with Crippen molar-refractivity contribution >= 4 is 37.5 Å². The molecule has 0 atom stereocenters. The Kier molecular flexibility index (Phi) is 12.6. The summed E-state index contributed by atoms with van der Waals surface area (Å²) < 4.78 is 12.5. The molecular weight excluding hydrogens is 602 g/mol. The van der Waals surface area contributed by atoms with Gasteiger partial charge in [-0.25, -0.2) is 0 Å². The summed E-state index contributed by atoms with van der Waals surface area (Å²) >= 11 is 6.93. The number of non-ortho nitro benzene ring substituents is 1. The molecule has 0 aliphatic carbocycles. The summed E-state index contributed by atoms with van der Waals surface area (Å²) in [4.78, 5) is 10.8. The lowest BCUT2D eigenvalue weighted by atomic mass is 10.0. The maximum atomic E-state index is 11.2. The van der Waals surface area contributed by atoms with Crippen LogP contribution in [0.4, 0.5) is 5.69 Å². The van der Waals surface area contributed by atoms with Crippen molar-refractivity contribution in [3.8, 4) is 22.6 Å². The summed E-state index contributed by atoms with van der Waals surface area (Å²) in [7, 11) is 0. The van der Waals surface area contributed by atoms with Gasteiger partial charge in [0.25, 0.3) is 5.69 Å². The number of nitro groups is 1. The number of halogens is 2. The molecule has 0 bridgehead atoms. The Morgan fingerprint density at radius 1 is 0.730 bits per heavy atom. The third-order valence-corrected chi connectivity index (χ3v) is 6.63. The Labute approximate surface area is 234 Å². The standard InChI is InChI=1S/C28H31Br2N3O4/c29-14-4-6-16-36-26-18-23(21-32-31-20-22-8-2-1-3-9-22)19-27(37-17-7-5-15-30)28(26)24-10-12-25(13-11-24)33(34)35/h1-3,8-13,18-19H,4-7,14-17,20-21H2. The highest BCUT2D eigenvalue weighted by Crippen LogP contribution is 2.41. The van der Waals surface area contributed by atoms with E-state index in [1.54, 1.807) is 12.1 Å². The quantitative estimate of drug-likeness (QED) is 0.0521. The van der Waals surface area contributed by atoms with Gasteiger partial charge in [0.2, 0.25) is 0 Å². The number of alkyl halides is 2. The minimum absolute atomic E-state index is 0.0405. The largest absolute Gasteiger partial charge is 0.493 e. The zero-order chi connectivity index (χ0) is 26.3. The van der Waals surface area contributed by atoms with Crippen LogP contribution in [0.25, 0.3) is 11.1 Å². The van der Waals surface area contributed by atoms with Crippen LogP contribution < -0.4 is 9.47 Å². The maximum Gasteiger partial charge on any atom is 0.269 e. The molecule has 0 saturated carbocycles. The Balaban J connectivity index is 1.91. The fourth-order valence-electron chi connectivity index (χ4n) is 3.60. The summed E-state index contributed by atoms with van der Waals surface area (Å²) in [5.41, 5.74) is 3.66. The van der Waals surface area contributed by atoms with E-state index in [9.17, 15) is 10.1 Å². The highest BCUT2D eigenvalue weighted by Gasteiger charge is 2.17. The Morgan fingerprint density at radius 3 is 1.78 bits per heavy atom. The fourth-order valence-corrected chi connectivity index (χ4v) is 4.39. The van der Waals surface area contributed by atoms with E-state index in [4.69, 9.17) is 9.47 Å². The first-order valence-corrected chi connectivity index (χ1v) is 14.5. The average molecular weight is 633 g/mol. The smallest absolute Gasteiger partial charge is 0.269 e. The SMILES string of the molecule is O=[N+]([O-])c1ccc(-c2c(OCCCCBr)cc(CN=NCc3ccccc3)cc2OCCCCBr)cc1. The topological polar surface area (TPSA) is 86.3 Å². The molecule has 9 heteroatoms. The van der Waals surface area contributed by atoms with Crippen LogP contribution in [0, 0.1) is 10.1 Å². The van der Waals surface area contributed by atoms with E-state index in [1.807, 2.05) is 42.5 Å². The monoisotopic (exact) mass is 631 g/mol. The lowest BCUT2D eigenvalue weighted by Gasteiger charge is -2.18. The molecule has 0 radical (unpaired) electrons. The Morgan fingerprint density at radius 2 is 1.27 bits per heavy atom. The van der Waals surface area contributed by atoms with E-state index < -0.39 is 4.92 Å². The number of hydrogen-bond acceptors (Lipinski definition) is 6. The summed E-state index contributed by atoms with van der Waals surface area (Å²) in [5.74, 6) is 1.35. The predicted molar refractivity (Wildman–Crippen MR) is 154 cm³/mol. The summed E-state index contributed by atoms with van der Waals surface area (Å²) in [6.45, 7) is 2.01. The van der Waals surface area contributed by atoms with Crippen molar-refractivity contribution < 1.29 is 14.4 Å². The number of nitrogens with zero attached hydrogens (tertiary/aromatic N) is 3. The number of unbranched alkanes of at least 4 members (excludes halogenated alkanes) is 2. The second kappa shape index (κ2) is 16.1. The number of rotatable bonds is 16. The lowest BCUT2D eigenvalue weighted by molar-refractivity contribution is -0.384. The van der Waals surface area contributed by atoms with Gasteiger partial charge in [-0.1, -0.05) is 62.2 Å². The van der Waals surface area contributed by atoms with Gasteiger partial charge in [0.05, 0.1) is 36.8 Å². The molecule has 0 aliphatic rings. The number of benzene rings is 3. The number of hydrogen-bond donors (Lipinski definition) is 0. The van der Waals surface area contributed by atoms with Gasteiger partial charge in [0, 0.05) is 22.8 Å². The van der Waals surface area contributed by atoms with E-state index in [1.165, 1.54) is 12.1 Å². The van der Waals surface area contributed by atoms with Crippen LogP contribution in [-0.4, -0.2) is 28.8 Å². The minimum atomic E-state index is -0.400. The van der Waals surface area contributed by atoms with Gasteiger partial charge in [-0.3, -0.25) is 10.1 Å². The van der Waals surface area contributed by atoms with Crippen LogP contribution in [0.5, 0.6) is 11.5 Å². The number of azo groups is 1. The van der Waals surface area contributed by atoms with Crippen LogP contribution >= 0.6 is 31.9 Å². The van der Waals surface area contributed by atoms with Gasteiger partial charge in [-0.15, -0.1) is 0 Å². The molecule has 0 spiro atoms. The fraction of sp³-hybridized carbons (Fsp3) is 0.357. The lowest BCUT2D eigenvalue weighted by Crippen LogP contribution is -2.04. The third-order valence-electron chi connectivity index (χ3n) is 5.51. The zero-order valence-electron chi connectivity index (χ0n) is 20.7. The van der Waals surface area contributed by atoms with Crippen LogP contribution in [-0.2, 0) is 13.1 Å². The van der Waals surface area contributed by atoms with Crippen molar-refractivity contribution in [1.29, 1.82) is 0 Å². The number of ether oxygens (including phenoxy) is 2. The molecule has 7 nitrogen and oxygen atoms in total. The molecule has 0 aliphatic heterocycles. The summed E-state index contributed by atoms with van der Waals surface area (Å²) in [5, 5.41) is 21.7. The second-order valence-electron chi connectivity index (χ2n) is 8.34. The van der Waals surface area contributed by atoms with Gasteiger partial charge < -0.3 is 9.47 Å². The molecular formula is C28H31Br2N3O4. The highest BCUT2D eigenvalue weighted by molar-refractivity contribution is 9.09. The van der Waals surface area contributed by atoms with E-state index in [0.29, 0.717) is 37.8 Å². The molecule has 196 valence electrons. The molecule has 0 unspecified atom stereocenters. The maximum absolute atomic E-state index is 11.2. The minimum Gasteiger partial charge on any atom is -0.493 e. The molecule has 37 heavy (non-hydrogen) atoms. The molecule has 3 aromatic rings. The van der Waals surface area contributed by atoms with Crippen molar-refractivity contribution in [3.05, 3.63) is 88.0 Å². The highest BCUT2D eigenvalue weighted by atomic mass is 79.9. The average Bonchev–Trinajstić information content (AvgIpc) is 2.92. The Bertz CT molecular complexity index is 1110. The first-order valence-electron chi connectivity index (χ1n) is 12.3. The van der Waals surface area contributed by atoms with Gasteiger partial charge in [0.1, 0.15) is 11.5 Å². The van der Waals surface area contributed by atoms with Crippen LogP contribution in [0.15, 0.2) is 77.0 Å². The van der Waals surface area contributed by atoms with E-state index >= 15 is 0 Å². The second-order valence-corrected chi connectivity index (χ2v) is 9.93. The molecule has 0 heterocycles. The normalized spacial score (nSPS) is 11.1. The van der Waals surface area contributed by atoms with Crippen molar-refractivity contribution in [2.24, 2.45) is 10.2 Å². The van der Waals surface area contributed by atoms with Crippen molar-refractivity contribution in [3.63, 3.8) is 0 Å². The van der Waals surface area contributed by atoms with Crippen molar-refractivity contribution in [1.82, 2.24) is 0 Å². The number of nitro benzene ring substituents is 1. The molecule has 0 N–H and O–H groups in total. The van der Waals surface area contributed by atoms with Crippen molar-refractivity contribution in [2.45, 2.75) is 38.8 Å². The predicted octanol–water partition coefficient (Wildman–Crippen LogP) is 8.52. The van der Waals surface area contributed by atoms with E-state index in [-0.39, 0.29) is 5.69 Å². The van der Waals surface area contributed by atoms with Crippen LogP contribution in [0.3, 0.4) is 0 Å².